The van der Waals surface area contributed by atoms with Crippen molar-refractivity contribution in [3.05, 3.63) is 23.8 Å². The number of carbonyl (C=O) groups is 1. The second kappa shape index (κ2) is 3.46. The van der Waals surface area contributed by atoms with E-state index in [0.717, 1.165) is 0 Å². The monoisotopic (exact) mass is 242 g/mol. The average molecular weight is 242 g/mol. The van der Waals surface area contributed by atoms with Gasteiger partial charge in [-0.05, 0) is 18.2 Å². The van der Waals surface area contributed by atoms with E-state index in [0.29, 0.717) is 11.3 Å². The van der Waals surface area contributed by atoms with Crippen molar-refractivity contribution in [1.29, 1.82) is 0 Å². The Kier molecular flexibility index (Phi) is 2.36. The number of rotatable bonds is 2. The van der Waals surface area contributed by atoms with Crippen molar-refractivity contribution in [2.75, 3.05) is 6.61 Å². The van der Waals surface area contributed by atoms with Gasteiger partial charge in [-0.25, -0.2) is 13.6 Å². The number of benzene rings is 1. The largest absolute Gasteiger partial charge is 0.492 e. The van der Waals surface area contributed by atoms with E-state index in [9.17, 15) is 13.2 Å². The summed E-state index contributed by atoms with van der Waals surface area (Å²) < 4.78 is 27.5. The minimum Gasteiger partial charge on any atom is -0.492 e. The number of ether oxygens (including phenoxy) is 1. The van der Waals surface area contributed by atoms with Crippen molar-refractivity contribution in [3.8, 4) is 5.75 Å². The van der Waals surface area contributed by atoms with Gasteiger partial charge in [-0.2, -0.15) is 0 Å². The second-order valence-corrected chi connectivity index (χ2v) is 5.07. The Bertz CT molecular complexity index is 553. The third-order valence-electron chi connectivity index (χ3n) is 2.43. The Labute approximate surface area is 92.2 Å². The quantitative estimate of drug-likeness (QED) is 0.713. The molecule has 86 valence electrons. The van der Waals surface area contributed by atoms with Crippen LogP contribution in [0.5, 0.6) is 5.75 Å². The molecule has 1 unspecified atom stereocenters. The molecule has 6 nitrogen and oxygen atoms in total. The second-order valence-electron chi connectivity index (χ2n) is 3.51. The maximum atomic E-state index is 11.1. The topological polar surface area (TPSA) is 112 Å². The van der Waals surface area contributed by atoms with E-state index in [-0.39, 0.29) is 11.5 Å². The summed E-state index contributed by atoms with van der Waals surface area (Å²) in [6, 6.07) is 4.13. The first-order valence-electron chi connectivity index (χ1n) is 4.48. The van der Waals surface area contributed by atoms with E-state index in [1.807, 2.05) is 0 Å². The van der Waals surface area contributed by atoms with Crippen LogP contribution in [0, 0.1) is 0 Å². The molecule has 7 heteroatoms. The van der Waals surface area contributed by atoms with Gasteiger partial charge in [-0.3, -0.25) is 4.79 Å². The van der Waals surface area contributed by atoms with Crippen molar-refractivity contribution in [2.45, 2.75) is 10.8 Å². The first-order chi connectivity index (χ1) is 7.39. The van der Waals surface area contributed by atoms with Crippen molar-refractivity contribution < 1.29 is 17.9 Å². The lowest BCUT2D eigenvalue weighted by Crippen LogP contribution is -2.22. The number of sulfonamides is 1. The van der Waals surface area contributed by atoms with E-state index in [4.69, 9.17) is 15.6 Å². The zero-order valence-corrected chi connectivity index (χ0v) is 9.03. The Hall–Kier alpha value is -1.60. The van der Waals surface area contributed by atoms with Crippen LogP contribution in [0.3, 0.4) is 0 Å². The molecule has 1 amide bonds. The van der Waals surface area contributed by atoms with Gasteiger partial charge in [0.1, 0.15) is 18.3 Å². The van der Waals surface area contributed by atoms with Crippen LogP contribution >= 0.6 is 0 Å². The summed E-state index contributed by atoms with van der Waals surface area (Å²) >= 11 is 0. The first kappa shape index (κ1) is 10.9. The Balaban J connectivity index is 2.54. The van der Waals surface area contributed by atoms with E-state index < -0.39 is 21.8 Å². The maximum absolute atomic E-state index is 11.1. The molecule has 0 bridgehead atoms. The highest BCUT2D eigenvalue weighted by atomic mass is 32.2. The molecule has 1 aromatic carbocycles. The molecule has 2 rings (SSSR count). The fourth-order valence-electron chi connectivity index (χ4n) is 1.61. The zero-order valence-electron chi connectivity index (χ0n) is 8.21. The fourth-order valence-corrected chi connectivity index (χ4v) is 2.15. The summed E-state index contributed by atoms with van der Waals surface area (Å²) in [6.07, 6.45) is 0. The molecule has 0 radical (unpaired) electrons. The minimum absolute atomic E-state index is 0.0528. The fraction of sp³-hybridized carbons (Fsp3) is 0.222. The van der Waals surface area contributed by atoms with Crippen LogP contribution in [0.15, 0.2) is 23.1 Å². The third-order valence-corrected chi connectivity index (χ3v) is 3.35. The summed E-state index contributed by atoms with van der Waals surface area (Å²) in [4.78, 5) is 11.0. The standard InChI is InChI=1S/C9H10N2O4S/c10-9(12)7-4-15-8-2-1-5(3-6(7)8)16(11,13)14/h1-3,7H,4H2,(H2,10,12)(H2,11,13,14). The summed E-state index contributed by atoms with van der Waals surface area (Å²) in [5.74, 6) is -0.696. The number of fused-ring (bicyclic) bond motifs is 1. The molecule has 1 heterocycles. The number of hydrogen-bond acceptors (Lipinski definition) is 4. The molecule has 1 aliphatic rings. The normalized spacial score (nSPS) is 18.9. The highest BCUT2D eigenvalue weighted by Crippen LogP contribution is 2.34. The van der Waals surface area contributed by atoms with Crippen LogP contribution in [0.2, 0.25) is 0 Å². The van der Waals surface area contributed by atoms with Gasteiger partial charge in [0.05, 0.1) is 4.90 Å². The molecule has 1 aromatic rings. The summed E-state index contributed by atoms with van der Waals surface area (Å²) in [5, 5.41) is 4.99. The van der Waals surface area contributed by atoms with Gasteiger partial charge in [0.2, 0.25) is 15.9 Å². The lowest BCUT2D eigenvalue weighted by Gasteiger charge is -2.04. The minimum atomic E-state index is -3.78. The van der Waals surface area contributed by atoms with Crippen molar-refractivity contribution >= 4 is 15.9 Å². The average Bonchev–Trinajstić information content (AvgIpc) is 2.58. The van der Waals surface area contributed by atoms with Crippen LogP contribution in [0.1, 0.15) is 11.5 Å². The van der Waals surface area contributed by atoms with Gasteiger partial charge >= 0.3 is 0 Å². The van der Waals surface area contributed by atoms with Crippen molar-refractivity contribution in [2.24, 2.45) is 10.9 Å². The van der Waals surface area contributed by atoms with Gasteiger partial charge in [-0.1, -0.05) is 0 Å². The highest BCUT2D eigenvalue weighted by molar-refractivity contribution is 7.89. The lowest BCUT2D eigenvalue weighted by atomic mass is 10.0. The molecule has 16 heavy (non-hydrogen) atoms. The first-order valence-corrected chi connectivity index (χ1v) is 6.03. The zero-order chi connectivity index (χ0) is 11.9. The van der Waals surface area contributed by atoms with Crippen LogP contribution in [0.25, 0.3) is 0 Å². The number of carbonyl (C=O) groups excluding carboxylic acids is 1. The predicted octanol–water partition coefficient (Wildman–Crippen LogP) is -0.705. The molecule has 0 saturated carbocycles. The number of amides is 1. The Morgan fingerprint density at radius 1 is 1.44 bits per heavy atom. The van der Waals surface area contributed by atoms with Crippen molar-refractivity contribution in [3.63, 3.8) is 0 Å². The number of primary sulfonamides is 1. The molecule has 0 aliphatic carbocycles. The molecule has 1 aliphatic heterocycles. The molecular formula is C9H10N2O4S. The van der Waals surface area contributed by atoms with Gasteiger partial charge in [0.15, 0.2) is 0 Å². The highest BCUT2D eigenvalue weighted by Gasteiger charge is 2.29. The lowest BCUT2D eigenvalue weighted by molar-refractivity contribution is -0.119. The summed E-state index contributed by atoms with van der Waals surface area (Å²) in [5.41, 5.74) is 5.64. The smallest absolute Gasteiger partial charge is 0.238 e. The van der Waals surface area contributed by atoms with E-state index in [2.05, 4.69) is 0 Å². The summed E-state index contributed by atoms with van der Waals surface area (Å²) in [6.45, 7) is 0.138. The van der Waals surface area contributed by atoms with Gasteiger partial charge in [0.25, 0.3) is 0 Å². The number of hydrogen-bond donors (Lipinski definition) is 2. The maximum Gasteiger partial charge on any atom is 0.238 e. The third kappa shape index (κ3) is 1.74. The molecule has 0 spiro atoms. The Morgan fingerprint density at radius 2 is 2.12 bits per heavy atom. The molecular weight excluding hydrogens is 232 g/mol. The Morgan fingerprint density at radius 3 is 2.69 bits per heavy atom. The van der Waals surface area contributed by atoms with Crippen LogP contribution in [-0.4, -0.2) is 20.9 Å². The predicted molar refractivity (Wildman–Crippen MR) is 55.2 cm³/mol. The summed E-state index contributed by atoms with van der Waals surface area (Å²) in [7, 11) is -3.78. The molecule has 0 saturated heterocycles. The molecule has 0 aromatic heterocycles. The number of nitrogens with two attached hydrogens (primary N) is 2. The molecule has 1 atom stereocenters. The molecule has 0 fully saturated rings. The van der Waals surface area contributed by atoms with Crippen LogP contribution < -0.4 is 15.6 Å². The van der Waals surface area contributed by atoms with Crippen LogP contribution in [0.4, 0.5) is 0 Å². The molecule has 4 N–H and O–H groups in total. The number of primary amides is 1. The van der Waals surface area contributed by atoms with E-state index in [1.165, 1.54) is 18.2 Å². The van der Waals surface area contributed by atoms with E-state index in [1.54, 1.807) is 0 Å². The SMILES string of the molecule is NC(=O)C1COc2ccc(S(N)(=O)=O)cc21. The van der Waals surface area contributed by atoms with Gasteiger partial charge < -0.3 is 10.5 Å². The van der Waals surface area contributed by atoms with Gasteiger partial charge in [-0.15, -0.1) is 0 Å². The van der Waals surface area contributed by atoms with E-state index >= 15 is 0 Å². The van der Waals surface area contributed by atoms with Crippen molar-refractivity contribution in [1.82, 2.24) is 0 Å². The van der Waals surface area contributed by atoms with Crippen LogP contribution in [-0.2, 0) is 14.8 Å². The van der Waals surface area contributed by atoms with Gasteiger partial charge in [0, 0.05) is 5.56 Å².